The van der Waals surface area contributed by atoms with E-state index in [2.05, 4.69) is 26.2 Å². The first kappa shape index (κ1) is 20.8. The van der Waals surface area contributed by atoms with Gasteiger partial charge in [0, 0.05) is 11.4 Å². The fraction of sp³-hybridized carbons (Fsp3) is 0.421. The summed E-state index contributed by atoms with van der Waals surface area (Å²) in [5.41, 5.74) is 4.05. The Labute approximate surface area is 173 Å². The summed E-state index contributed by atoms with van der Waals surface area (Å²) in [5, 5.41) is 18.1. The first-order valence-corrected chi connectivity index (χ1v) is 10.4. The molecular weight excluding hydrogens is 392 g/mol. The summed E-state index contributed by atoms with van der Waals surface area (Å²) in [7, 11) is 0. The summed E-state index contributed by atoms with van der Waals surface area (Å²) in [6.07, 6.45) is 0.579. The van der Waals surface area contributed by atoms with Crippen LogP contribution in [0.15, 0.2) is 34.6 Å². The van der Waals surface area contributed by atoms with Gasteiger partial charge in [0.15, 0.2) is 0 Å². The Bertz CT molecular complexity index is 955. The highest BCUT2D eigenvalue weighted by Crippen LogP contribution is 2.26. The van der Waals surface area contributed by atoms with Gasteiger partial charge in [0.2, 0.25) is 5.16 Å². The monoisotopic (exact) mass is 416 g/mol. The molecule has 2 N–H and O–H groups in total. The number of hydrogen-bond acceptors (Lipinski definition) is 7. The molecule has 0 aliphatic carbocycles. The van der Waals surface area contributed by atoms with Crippen LogP contribution < -0.4 is 10.6 Å². The molecule has 0 spiro atoms. The smallest absolute Gasteiger partial charge is 0.337 e. The number of thioether (sulfide) groups is 1. The summed E-state index contributed by atoms with van der Waals surface area (Å²) in [6.45, 7) is 7.96. The van der Waals surface area contributed by atoms with Crippen LogP contribution in [0.3, 0.4) is 0 Å². The molecule has 2 aromatic rings. The van der Waals surface area contributed by atoms with Gasteiger partial charge in [0.25, 0.3) is 0 Å². The maximum absolute atomic E-state index is 12.5. The van der Waals surface area contributed by atoms with Crippen molar-refractivity contribution >= 4 is 23.8 Å². The van der Waals surface area contributed by atoms with E-state index in [4.69, 9.17) is 4.74 Å². The Kier molecular flexibility index (Phi) is 6.53. The van der Waals surface area contributed by atoms with Crippen LogP contribution in [0.25, 0.3) is 5.69 Å². The summed E-state index contributed by atoms with van der Waals surface area (Å²) in [5.74, 6) is -0.111. The second-order valence-electron chi connectivity index (χ2n) is 6.55. The molecular formula is C19H24N6O3S. The third-order valence-electron chi connectivity index (χ3n) is 4.74. The number of aromatic nitrogens is 4. The van der Waals surface area contributed by atoms with Crippen LogP contribution in [0.4, 0.5) is 4.79 Å². The van der Waals surface area contributed by atoms with Gasteiger partial charge in [0.05, 0.1) is 23.9 Å². The number of esters is 1. The fourth-order valence-corrected chi connectivity index (χ4v) is 3.95. The van der Waals surface area contributed by atoms with E-state index in [0.717, 1.165) is 16.8 Å². The van der Waals surface area contributed by atoms with Crippen LogP contribution in [-0.2, 0) is 9.53 Å². The Hall–Kier alpha value is -2.88. The van der Waals surface area contributed by atoms with Crippen molar-refractivity contribution in [3.8, 4) is 5.69 Å². The Balaban J connectivity index is 1.90. The van der Waals surface area contributed by atoms with Gasteiger partial charge in [-0.05, 0) is 54.8 Å². The fourth-order valence-electron chi connectivity index (χ4n) is 3.10. The van der Waals surface area contributed by atoms with Crippen LogP contribution >= 0.6 is 11.8 Å². The number of carbonyl (C=O) groups excluding carboxylic acids is 2. The highest BCUT2D eigenvalue weighted by atomic mass is 32.2. The Morgan fingerprint density at radius 2 is 2.10 bits per heavy atom. The van der Waals surface area contributed by atoms with E-state index >= 15 is 0 Å². The highest BCUT2D eigenvalue weighted by molar-refractivity contribution is 7.99. The average Bonchev–Trinajstić information content (AvgIpc) is 3.16. The summed E-state index contributed by atoms with van der Waals surface area (Å²) >= 11 is 1.34. The molecule has 2 amide bonds. The van der Waals surface area contributed by atoms with E-state index in [9.17, 15) is 9.59 Å². The number of benzene rings is 1. The minimum Gasteiger partial charge on any atom is -0.463 e. The van der Waals surface area contributed by atoms with Gasteiger partial charge in [-0.15, -0.1) is 5.10 Å². The molecule has 1 aliphatic rings. The number of aryl methyl sites for hydroxylation is 1. The van der Waals surface area contributed by atoms with Gasteiger partial charge in [-0.3, -0.25) is 0 Å². The van der Waals surface area contributed by atoms with Gasteiger partial charge in [-0.25, -0.2) is 9.59 Å². The third kappa shape index (κ3) is 4.42. The average molecular weight is 417 g/mol. The lowest BCUT2D eigenvalue weighted by Crippen LogP contribution is -2.50. The van der Waals surface area contributed by atoms with E-state index in [1.54, 1.807) is 11.6 Å². The van der Waals surface area contributed by atoms with Crippen molar-refractivity contribution in [1.82, 2.24) is 30.8 Å². The molecule has 3 rings (SSSR count). The van der Waals surface area contributed by atoms with E-state index in [0.29, 0.717) is 28.6 Å². The van der Waals surface area contributed by atoms with E-state index in [1.807, 2.05) is 39.0 Å². The first-order chi connectivity index (χ1) is 14.0. The molecule has 1 atom stereocenters. The first-order valence-electron chi connectivity index (χ1n) is 9.41. The van der Waals surface area contributed by atoms with Crippen LogP contribution in [0.5, 0.6) is 0 Å². The minimum atomic E-state index is -0.434. The van der Waals surface area contributed by atoms with Crippen LogP contribution in [0, 0.1) is 13.8 Å². The molecule has 2 heterocycles. The van der Waals surface area contributed by atoms with Crippen molar-refractivity contribution in [3.63, 3.8) is 0 Å². The third-order valence-corrected chi connectivity index (χ3v) is 5.68. The van der Waals surface area contributed by atoms with Crippen molar-refractivity contribution in [2.45, 2.75) is 45.3 Å². The summed E-state index contributed by atoms with van der Waals surface area (Å²) < 4.78 is 6.86. The predicted molar refractivity (Wildman–Crippen MR) is 109 cm³/mol. The molecule has 0 saturated heterocycles. The number of carbonyl (C=O) groups is 2. The van der Waals surface area contributed by atoms with Crippen molar-refractivity contribution in [2.24, 2.45) is 0 Å². The SMILES string of the molecule is CCOC(=O)C1=C(CSc2nnnn2-c2cccc(C)c2C)NC(=O)NC1CC. The second-order valence-corrected chi connectivity index (χ2v) is 7.50. The molecule has 1 aliphatic heterocycles. The lowest BCUT2D eigenvalue weighted by atomic mass is 10.0. The Morgan fingerprint density at radius 1 is 1.31 bits per heavy atom. The predicted octanol–water partition coefficient (Wildman–Crippen LogP) is 2.28. The number of amides is 2. The number of hydrogen-bond donors (Lipinski definition) is 2. The van der Waals surface area contributed by atoms with Crippen molar-refractivity contribution in [3.05, 3.63) is 40.6 Å². The number of rotatable bonds is 7. The highest BCUT2D eigenvalue weighted by Gasteiger charge is 2.31. The molecule has 10 heteroatoms. The zero-order valence-corrected chi connectivity index (χ0v) is 17.7. The topological polar surface area (TPSA) is 111 Å². The lowest BCUT2D eigenvalue weighted by molar-refractivity contribution is -0.139. The molecule has 0 fully saturated rings. The maximum atomic E-state index is 12.5. The van der Waals surface area contributed by atoms with Gasteiger partial charge in [0.1, 0.15) is 0 Å². The van der Waals surface area contributed by atoms with Crippen LogP contribution in [0.2, 0.25) is 0 Å². The molecule has 1 aromatic carbocycles. The molecule has 1 unspecified atom stereocenters. The summed E-state index contributed by atoms with van der Waals surface area (Å²) in [4.78, 5) is 24.5. The van der Waals surface area contributed by atoms with E-state index in [-0.39, 0.29) is 12.6 Å². The Morgan fingerprint density at radius 3 is 2.83 bits per heavy atom. The maximum Gasteiger partial charge on any atom is 0.337 e. The minimum absolute atomic E-state index is 0.262. The molecule has 0 radical (unpaired) electrons. The van der Waals surface area contributed by atoms with Crippen LogP contribution in [-0.4, -0.2) is 50.6 Å². The largest absolute Gasteiger partial charge is 0.463 e. The van der Waals surface area contributed by atoms with Crippen molar-refractivity contribution in [1.29, 1.82) is 0 Å². The molecule has 154 valence electrons. The number of ether oxygens (including phenoxy) is 1. The molecule has 29 heavy (non-hydrogen) atoms. The molecule has 0 saturated carbocycles. The number of nitrogens with one attached hydrogen (secondary N) is 2. The van der Waals surface area contributed by atoms with E-state index < -0.39 is 12.0 Å². The molecule has 0 bridgehead atoms. The zero-order chi connectivity index (χ0) is 21.0. The van der Waals surface area contributed by atoms with Gasteiger partial charge in [-0.1, -0.05) is 30.8 Å². The normalized spacial score (nSPS) is 16.4. The van der Waals surface area contributed by atoms with Crippen molar-refractivity contribution in [2.75, 3.05) is 12.4 Å². The quantitative estimate of drug-likeness (QED) is 0.526. The van der Waals surface area contributed by atoms with Gasteiger partial charge in [-0.2, -0.15) is 4.68 Å². The van der Waals surface area contributed by atoms with E-state index in [1.165, 1.54) is 11.8 Å². The summed E-state index contributed by atoms with van der Waals surface area (Å²) in [6, 6.07) is 5.20. The molecule has 9 nitrogen and oxygen atoms in total. The zero-order valence-electron chi connectivity index (χ0n) is 16.9. The van der Waals surface area contributed by atoms with Gasteiger partial charge < -0.3 is 15.4 Å². The lowest BCUT2D eigenvalue weighted by Gasteiger charge is -2.28. The number of nitrogens with zero attached hydrogens (tertiary/aromatic N) is 4. The number of urea groups is 1. The number of tetrazole rings is 1. The second kappa shape index (κ2) is 9.08. The molecule has 1 aromatic heterocycles. The van der Waals surface area contributed by atoms with Gasteiger partial charge >= 0.3 is 12.0 Å². The standard InChI is InChI=1S/C19H24N6O3S/c1-5-13-16(17(26)28-6-2)14(21-18(27)20-13)10-29-19-22-23-24-25(19)15-9-7-8-11(3)12(15)4/h7-9,13H,5-6,10H2,1-4H3,(H2,20,21,27). The van der Waals surface area contributed by atoms with Crippen LogP contribution in [0.1, 0.15) is 31.4 Å². The van der Waals surface area contributed by atoms with Crippen molar-refractivity contribution < 1.29 is 14.3 Å².